The van der Waals surface area contributed by atoms with Gasteiger partial charge in [-0.2, -0.15) is 0 Å². The predicted octanol–water partition coefficient (Wildman–Crippen LogP) is 0.225. The van der Waals surface area contributed by atoms with Crippen LogP contribution in [0.15, 0.2) is 23.3 Å². The number of aromatic nitrogens is 4. The molecule has 0 aliphatic carbocycles. The highest BCUT2D eigenvalue weighted by Crippen LogP contribution is 2.14. The molecule has 1 saturated heterocycles. The van der Waals surface area contributed by atoms with Gasteiger partial charge in [0.1, 0.15) is 12.6 Å². The van der Waals surface area contributed by atoms with Gasteiger partial charge in [-0.1, -0.05) is 5.21 Å². The lowest BCUT2D eigenvalue weighted by atomic mass is 10.1. The molecule has 0 aromatic carbocycles. The first-order chi connectivity index (χ1) is 10.8. The zero-order chi connectivity index (χ0) is 15.2. The molecule has 0 unspecified atom stereocenters. The van der Waals surface area contributed by atoms with Crippen LogP contribution in [0.1, 0.15) is 12.1 Å². The fraction of sp³-hybridized carbons (Fsp3) is 0.538. The number of hydrogen-bond acceptors (Lipinski definition) is 7. The summed E-state index contributed by atoms with van der Waals surface area (Å²) >= 11 is 1.53. The van der Waals surface area contributed by atoms with Crippen molar-refractivity contribution in [3.8, 4) is 0 Å². The molecule has 8 nitrogen and oxygen atoms in total. The van der Waals surface area contributed by atoms with E-state index in [1.54, 1.807) is 17.9 Å². The number of nitrogens with zero attached hydrogens (tertiary/aromatic N) is 4. The van der Waals surface area contributed by atoms with Crippen LogP contribution in [-0.2, 0) is 27.4 Å². The fourth-order valence-corrected chi connectivity index (χ4v) is 2.80. The van der Waals surface area contributed by atoms with Crippen molar-refractivity contribution < 1.29 is 14.3 Å². The molecule has 0 radical (unpaired) electrons. The van der Waals surface area contributed by atoms with Crippen molar-refractivity contribution in [1.29, 1.82) is 0 Å². The summed E-state index contributed by atoms with van der Waals surface area (Å²) in [6, 6.07) is -0.0663. The monoisotopic (exact) mass is 323 g/mol. The van der Waals surface area contributed by atoms with Gasteiger partial charge in [0.2, 0.25) is 5.91 Å². The number of rotatable bonds is 6. The molecule has 3 rings (SSSR count). The van der Waals surface area contributed by atoms with Crippen molar-refractivity contribution in [2.45, 2.75) is 31.7 Å². The number of carbonyl (C=O) groups excluding carboxylic acids is 1. The van der Waals surface area contributed by atoms with E-state index in [0.29, 0.717) is 19.8 Å². The summed E-state index contributed by atoms with van der Waals surface area (Å²) in [5.41, 5.74) is 2.66. The van der Waals surface area contributed by atoms with Crippen molar-refractivity contribution in [2.75, 3.05) is 13.2 Å². The maximum Gasteiger partial charge on any atom is 0.242 e. The largest absolute Gasteiger partial charge is 0.379 e. The molecule has 1 fully saturated rings. The number of hydrogen-bond donors (Lipinski definition) is 1. The number of thiazole rings is 1. The predicted molar refractivity (Wildman–Crippen MR) is 78.1 cm³/mol. The molecule has 0 saturated carbocycles. The molecule has 3 heterocycles. The first-order valence-corrected chi connectivity index (χ1v) is 7.95. The third kappa shape index (κ3) is 4.09. The zero-order valence-electron chi connectivity index (χ0n) is 11.9. The number of amides is 1. The van der Waals surface area contributed by atoms with Crippen LogP contribution in [0.5, 0.6) is 0 Å². The fourth-order valence-electron chi connectivity index (χ4n) is 2.26. The molecule has 2 aromatic heterocycles. The minimum atomic E-state index is -0.171. The van der Waals surface area contributed by atoms with Gasteiger partial charge in [0, 0.05) is 18.2 Å². The van der Waals surface area contributed by atoms with E-state index in [2.05, 4.69) is 20.6 Å². The van der Waals surface area contributed by atoms with E-state index in [-0.39, 0.29) is 24.6 Å². The molecule has 2 aromatic rings. The Bertz CT molecular complexity index is 575. The molecular weight excluding hydrogens is 306 g/mol. The van der Waals surface area contributed by atoms with Gasteiger partial charge >= 0.3 is 0 Å². The average Bonchev–Trinajstić information content (AvgIpc) is 3.19. The number of ether oxygens (including phenoxy) is 2. The molecule has 1 aliphatic heterocycles. The molecule has 9 heteroatoms. The molecule has 118 valence electrons. The Hall–Kier alpha value is -1.84. The van der Waals surface area contributed by atoms with Crippen LogP contribution in [0, 0.1) is 0 Å². The van der Waals surface area contributed by atoms with Gasteiger partial charge in [0.15, 0.2) is 0 Å². The van der Waals surface area contributed by atoms with Gasteiger partial charge in [-0.3, -0.25) is 4.79 Å². The van der Waals surface area contributed by atoms with Crippen LogP contribution >= 0.6 is 11.3 Å². The summed E-state index contributed by atoms with van der Waals surface area (Å²) in [5, 5.41) is 12.4. The molecule has 1 N–H and O–H groups in total. The molecular formula is C13H17N5O3S. The lowest BCUT2D eigenvalue weighted by molar-refractivity contribution is -0.127. The van der Waals surface area contributed by atoms with Crippen molar-refractivity contribution in [3.05, 3.63) is 29.0 Å². The summed E-state index contributed by atoms with van der Waals surface area (Å²) in [7, 11) is 0. The maximum absolute atomic E-state index is 12.1. The first kappa shape index (κ1) is 15.1. The van der Waals surface area contributed by atoms with E-state index in [0.717, 1.165) is 12.1 Å². The Morgan fingerprint density at radius 3 is 3.32 bits per heavy atom. The van der Waals surface area contributed by atoms with Crippen LogP contribution in [0.25, 0.3) is 0 Å². The van der Waals surface area contributed by atoms with Gasteiger partial charge in [-0.05, 0) is 6.42 Å². The van der Waals surface area contributed by atoms with Crippen molar-refractivity contribution in [2.24, 2.45) is 0 Å². The van der Waals surface area contributed by atoms with E-state index in [1.807, 2.05) is 5.38 Å². The molecule has 1 amide bonds. The third-order valence-electron chi connectivity index (χ3n) is 3.36. The van der Waals surface area contributed by atoms with E-state index >= 15 is 0 Å². The second-order valence-corrected chi connectivity index (χ2v) is 5.69. The Labute approximate surface area is 131 Å². The zero-order valence-corrected chi connectivity index (χ0v) is 12.7. The Kier molecular flexibility index (Phi) is 5.09. The van der Waals surface area contributed by atoms with Crippen LogP contribution < -0.4 is 5.32 Å². The highest BCUT2D eigenvalue weighted by atomic mass is 32.1. The highest BCUT2D eigenvalue weighted by Gasteiger charge is 2.28. The molecule has 0 spiro atoms. The van der Waals surface area contributed by atoms with Gasteiger partial charge in [-0.15, -0.1) is 16.4 Å². The second kappa shape index (κ2) is 7.43. The SMILES string of the molecule is O=C(Cn1ccnn1)N[C@@H]1CCOC[C@H]1OCc1cscn1. The van der Waals surface area contributed by atoms with Crippen LogP contribution in [0.2, 0.25) is 0 Å². The van der Waals surface area contributed by atoms with Crippen LogP contribution in [0.3, 0.4) is 0 Å². The van der Waals surface area contributed by atoms with E-state index < -0.39 is 0 Å². The summed E-state index contributed by atoms with van der Waals surface area (Å²) in [5.74, 6) is -0.111. The smallest absolute Gasteiger partial charge is 0.242 e. The van der Waals surface area contributed by atoms with Crippen molar-refractivity contribution in [3.63, 3.8) is 0 Å². The third-order valence-corrected chi connectivity index (χ3v) is 3.99. The van der Waals surface area contributed by atoms with Crippen LogP contribution in [0.4, 0.5) is 0 Å². The minimum Gasteiger partial charge on any atom is -0.379 e. The maximum atomic E-state index is 12.1. The number of carbonyl (C=O) groups is 1. The van der Waals surface area contributed by atoms with Gasteiger partial charge < -0.3 is 14.8 Å². The standard InChI is InChI=1S/C13H17N5O3S/c19-13(5-18-3-2-15-17-18)16-11-1-4-20-7-12(11)21-6-10-8-22-9-14-10/h2-3,8-9,11-12H,1,4-7H2,(H,16,19)/t11-,12-/m1/s1. The Morgan fingerprint density at radius 2 is 2.55 bits per heavy atom. The minimum absolute atomic E-state index is 0.0663. The van der Waals surface area contributed by atoms with E-state index in [9.17, 15) is 4.79 Å². The van der Waals surface area contributed by atoms with Gasteiger partial charge in [0.05, 0.1) is 36.7 Å². The van der Waals surface area contributed by atoms with E-state index in [1.165, 1.54) is 16.0 Å². The Morgan fingerprint density at radius 1 is 1.59 bits per heavy atom. The average molecular weight is 323 g/mol. The normalized spacial score (nSPS) is 21.6. The molecule has 22 heavy (non-hydrogen) atoms. The van der Waals surface area contributed by atoms with Crippen molar-refractivity contribution >= 4 is 17.2 Å². The van der Waals surface area contributed by atoms with Gasteiger partial charge in [0.25, 0.3) is 0 Å². The molecule has 1 aliphatic rings. The van der Waals surface area contributed by atoms with Crippen molar-refractivity contribution in [1.82, 2.24) is 25.3 Å². The Balaban J connectivity index is 1.51. The van der Waals surface area contributed by atoms with Gasteiger partial charge in [-0.25, -0.2) is 9.67 Å². The summed E-state index contributed by atoms with van der Waals surface area (Å²) in [6.45, 7) is 1.66. The highest BCUT2D eigenvalue weighted by molar-refractivity contribution is 7.07. The first-order valence-electron chi connectivity index (χ1n) is 7.01. The van der Waals surface area contributed by atoms with E-state index in [4.69, 9.17) is 9.47 Å². The summed E-state index contributed by atoms with van der Waals surface area (Å²) in [6.07, 6.45) is 3.75. The topological polar surface area (TPSA) is 91.2 Å². The lowest BCUT2D eigenvalue weighted by Gasteiger charge is -2.31. The summed E-state index contributed by atoms with van der Waals surface area (Å²) < 4.78 is 12.8. The quantitative estimate of drug-likeness (QED) is 0.818. The lowest BCUT2D eigenvalue weighted by Crippen LogP contribution is -2.50. The second-order valence-electron chi connectivity index (χ2n) is 4.97. The van der Waals surface area contributed by atoms with Crippen LogP contribution in [-0.4, -0.2) is 51.2 Å². The summed E-state index contributed by atoms with van der Waals surface area (Å²) in [4.78, 5) is 16.2. The number of nitrogens with one attached hydrogen (secondary N) is 1. The molecule has 0 bridgehead atoms. The molecule has 2 atom stereocenters.